The van der Waals surface area contributed by atoms with Crippen LogP contribution in [0.15, 0.2) is 18.2 Å². The number of aryl methyl sites for hydroxylation is 1. The molecule has 1 saturated carbocycles. The molecule has 3 nitrogen and oxygen atoms in total. The molecule has 6 heteroatoms. The molecule has 1 aliphatic carbocycles. The molecule has 1 amide bonds. The molecule has 21 heavy (non-hydrogen) atoms. The Morgan fingerprint density at radius 3 is 2.62 bits per heavy atom. The minimum absolute atomic E-state index is 0.0672. The highest BCUT2D eigenvalue weighted by Gasteiger charge is 2.46. The summed E-state index contributed by atoms with van der Waals surface area (Å²) in [6.45, 7) is 1.80. The van der Waals surface area contributed by atoms with Crippen LogP contribution in [0.3, 0.4) is 0 Å². The zero-order valence-electron chi connectivity index (χ0n) is 11.8. The number of carbonyl (C=O) groups is 1. The van der Waals surface area contributed by atoms with E-state index < -0.39 is 24.0 Å². The van der Waals surface area contributed by atoms with E-state index in [1.807, 2.05) is 0 Å². The van der Waals surface area contributed by atoms with Crippen LogP contribution in [0, 0.1) is 12.8 Å². The number of nitrogen functional groups attached to an aromatic ring is 1. The van der Waals surface area contributed by atoms with E-state index in [2.05, 4.69) is 5.32 Å². The summed E-state index contributed by atoms with van der Waals surface area (Å²) in [7, 11) is 0. The van der Waals surface area contributed by atoms with Crippen molar-refractivity contribution in [3.63, 3.8) is 0 Å². The molecule has 1 aromatic rings. The third-order valence-electron chi connectivity index (χ3n) is 3.96. The molecule has 0 aliphatic heterocycles. The summed E-state index contributed by atoms with van der Waals surface area (Å²) >= 11 is 0. The first kappa shape index (κ1) is 15.7. The third-order valence-corrected chi connectivity index (χ3v) is 3.96. The molecule has 116 valence electrons. The van der Waals surface area contributed by atoms with Crippen molar-refractivity contribution < 1.29 is 18.0 Å². The maximum absolute atomic E-state index is 13.0. The fraction of sp³-hybridized carbons (Fsp3) is 0.533. The van der Waals surface area contributed by atoms with Crippen LogP contribution in [0.5, 0.6) is 0 Å². The predicted molar refractivity (Wildman–Crippen MR) is 74.9 cm³/mol. The topological polar surface area (TPSA) is 55.1 Å². The van der Waals surface area contributed by atoms with Crippen molar-refractivity contribution in [3.8, 4) is 0 Å². The van der Waals surface area contributed by atoms with Gasteiger partial charge < -0.3 is 11.1 Å². The first-order valence-corrected chi connectivity index (χ1v) is 7.02. The Kier molecular flexibility index (Phi) is 4.44. The molecule has 2 atom stereocenters. The summed E-state index contributed by atoms with van der Waals surface area (Å²) < 4.78 is 39.0. The van der Waals surface area contributed by atoms with Crippen LogP contribution >= 0.6 is 0 Å². The number of benzene rings is 1. The van der Waals surface area contributed by atoms with Crippen LogP contribution in [0.2, 0.25) is 0 Å². The van der Waals surface area contributed by atoms with Gasteiger partial charge in [-0.15, -0.1) is 0 Å². The Hall–Kier alpha value is -1.72. The third kappa shape index (κ3) is 3.68. The van der Waals surface area contributed by atoms with Gasteiger partial charge in [-0.25, -0.2) is 0 Å². The smallest absolute Gasteiger partial charge is 0.393 e. The van der Waals surface area contributed by atoms with Crippen molar-refractivity contribution in [2.45, 2.75) is 44.8 Å². The van der Waals surface area contributed by atoms with Crippen LogP contribution in [0.1, 0.15) is 41.6 Å². The quantitative estimate of drug-likeness (QED) is 0.822. The van der Waals surface area contributed by atoms with Crippen LogP contribution < -0.4 is 11.1 Å². The number of hydrogen-bond donors (Lipinski definition) is 2. The van der Waals surface area contributed by atoms with Gasteiger partial charge in [0.25, 0.3) is 5.91 Å². The number of alkyl halides is 3. The largest absolute Gasteiger partial charge is 0.398 e. The Morgan fingerprint density at radius 1 is 1.29 bits per heavy atom. The van der Waals surface area contributed by atoms with Crippen molar-refractivity contribution in [3.05, 3.63) is 29.3 Å². The van der Waals surface area contributed by atoms with E-state index in [0.29, 0.717) is 19.3 Å². The minimum Gasteiger partial charge on any atom is -0.398 e. The first-order valence-electron chi connectivity index (χ1n) is 7.02. The molecule has 0 radical (unpaired) electrons. The van der Waals surface area contributed by atoms with Crippen molar-refractivity contribution >= 4 is 11.6 Å². The molecule has 0 spiro atoms. The Bertz CT molecular complexity index is 528. The highest BCUT2D eigenvalue weighted by Crippen LogP contribution is 2.37. The number of nitrogens with one attached hydrogen (secondary N) is 1. The zero-order chi connectivity index (χ0) is 15.6. The van der Waals surface area contributed by atoms with E-state index in [9.17, 15) is 18.0 Å². The highest BCUT2D eigenvalue weighted by molar-refractivity contribution is 5.99. The maximum Gasteiger partial charge on any atom is 0.393 e. The number of rotatable bonds is 2. The van der Waals surface area contributed by atoms with E-state index in [0.717, 1.165) is 5.56 Å². The summed E-state index contributed by atoms with van der Waals surface area (Å²) in [5, 5.41) is 2.52. The van der Waals surface area contributed by atoms with Gasteiger partial charge in [0.05, 0.1) is 11.5 Å². The lowest BCUT2D eigenvalue weighted by Gasteiger charge is -2.33. The summed E-state index contributed by atoms with van der Waals surface area (Å²) in [6, 6.07) is 4.07. The molecule has 0 heterocycles. The molecule has 0 saturated heterocycles. The average Bonchev–Trinajstić information content (AvgIpc) is 2.41. The fourth-order valence-electron chi connectivity index (χ4n) is 2.81. The van der Waals surface area contributed by atoms with Crippen molar-refractivity contribution in [1.29, 1.82) is 0 Å². The molecule has 1 aliphatic rings. The van der Waals surface area contributed by atoms with Crippen molar-refractivity contribution in [2.24, 2.45) is 5.92 Å². The van der Waals surface area contributed by atoms with E-state index >= 15 is 0 Å². The fourth-order valence-corrected chi connectivity index (χ4v) is 2.81. The van der Waals surface area contributed by atoms with Crippen LogP contribution in [-0.2, 0) is 0 Å². The Balaban J connectivity index is 2.15. The second-order valence-corrected chi connectivity index (χ2v) is 5.60. The summed E-state index contributed by atoms with van der Waals surface area (Å²) in [5.41, 5.74) is 7.08. The minimum atomic E-state index is -4.28. The molecule has 1 aromatic carbocycles. The lowest BCUT2D eigenvalue weighted by molar-refractivity contribution is -0.187. The van der Waals surface area contributed by atoms with Gasteiger partial charge in [0.1, 0.15) is 0 Å². The van der Waals surface area contributed by atoms with Gasteiger partial charge in [0, 0.05) is 11.7 Å². The summed E-state index contributed by atoms with van der Waals surface area (Å²) in [4.78, 5) is 12.2. The summed E-state index contributed by atoms with van der Waals surface area (Å²) in [6.07, 6.45) is -2.63. The van der Waals surface area contributed by atoms with Crippen LogP contribution in [-0.4, -0.2) is 18.1 Å². The average molecular weight is 300 g/mol. The number of halogens is 3. The SMILES string of the molecule is Cc1ccc(N)c(C(=O)NC2CCCCC2C(F)(F)F)c1. The second kappa shape index (κ2) is 5.95. The molecule has 1 fully saturated rings. The van der Waals surface area contributed by atoms with Gasteiger partial charge in [-0.2, -0.15) is 13.2 Å². The lowest BCUT2D eigenvalue weighted by Crippen LogP contribution is -2.47. The van der Waals surface area contributed by atoms with Gasteiger partial charge >= 0.3 is 6.18 Å². The van der Waals surface area contributed by atoms with Crippen LogP contribution in [0.25, 0.3) is 0 Å². The monoisotopic (exact) mass is 300 g/mol. The number of anilines is 1. The van der Waals surface area contributed by atoms with Gasteiger partial charge in [0.15, 0.2) is 0 Å². The molecule has 3 N–H and O–H groups in total. The summed E-state index contributed by atoms with van der Waals surface area (Å²) in [5.74, 6) is -2.00. The van der Waals surface area contributed by atoms with Crippen molar-refractivity contribution in [1.82, 2.24) is 5.32 Å². The maximum atomic E-state index is 13.0. The van der Waals surface area contributed by atoms with Crippen LogP contribution in [0.4, 0.5) is 18.9 Å². The molecular formula is C15H19F3N2O. The number of carbonyl (C=O) groups excluding carboxylic acids is 1. The Labute approximate surface area is 121 Å². The van der Waals surface area contributed by atoms with E-state index in [1.165, 1.54) is 0 Å². The standard InChI is InChI=1S/C15H19F3N2O/c1-9-6-7-12(19)10(8-9)14(21)20-13-5-3-2-4-11(13)15(16,17)18/h6-8,11,13H,2-5,19H2,1H3,(H,20,21). The normalized spacial score (nSPS) is 22.9. The molecule has 2 unspecified atom stereocenters. The van der Waals surface area contributed by atoms with Gasteiger partial charge in [0.2, 0.25) is 0 Å². The number of hydrogen-bond acceptors (Lipinski definition) is 2. The lowest BCUT2D eigenvalue weighted by atomic mass is 9.84. The van der Waals surface area contributed by atoms with Gasteiger partial charge in [-0.3, -0.25) is 4.79 Å². The first-order chi connectivity index (χ1) is 9.79. The highest BCUT2D eigenvalue weighted by atomic mass is 19.4. The van der Waals surface area contributed by atoms with Gasteiger partial charge in [-0.1, -0.05) is 24.5 Å². The van der Waals surface area contributed by atoms with Gasteiger partial charge in [-0.05, 0) is 31.9 Å². The zero-order valence-corrected chi connectivity index (χ0v) is 11.8. The number of amides is 1. The van der Waals surface area contributed by atoms with Crippen molar-refractivity contribution in [2.75, 3.05) is 5.73 Å². The van der Waals surface area contributed by atoms with E-state index in [1.54, 1.807) is 25.1 Å². The Morgan fingerprint density at radius 2 is 1.95 bits per heavy atom. The van der Waals surface area contributed by atoms with E-state index in [-0.39, 0.29) is 17.7 Å². The predicted octanol–water partition coefficient (Wildman–Crippen LogP) is 3.43. The molecule has 0 bridgehead atoms. The molecule has 0 aromatic heterocycles. The number of nitrogens with two attached hydrogens (primary N) is 1. The van der Waals surface area contributed by atoms with E-state index in [4.69, 9.17) is 5.73 Å². The molecular weight excluding hydrogens is 281 g/mol. The second-order valence-electron chi connectivity index (χ2n) is 5.60. The molecule has 2 rings (SSSR count).